The average molecular weight is 1110 g/mol. The average Bonchev–Trinajstić information content (AvgIpc) is 3.97. The van der Waals surface area contributed by atoms with Crippen molar-refractivity contribution in [2.24, 2.45) is 10.8 Å². The maximum atomic E-state index is 14.6. The fraction of sp³-hybridized carbons (Fsp3) is 0.643. The summed E-state index contributed by atoms with van der Waals surface area (Å²) in [6.07, 6.45) is 4.05. The summed E-state index contributed by atoms with van der Waals surface area (Å²) in [5.41, 5.74) is 0.938. The molecule has 0 unspecified atom stereocenters. The summed E-state index contributed by atoms with van der Waals surface area (Å²) < 4.78 is 0. The fourth-order valence-corrected chi connectivity index (χ4v) is 10.9. The molecule has 428 valence electrons. The van der Waals surface area contributed by atoms with Gasteiger partial charge in [-0.25, -0.2) is 0 Å². The number of nitrogens with one attached hydrogen (secondary N) is 8. The SMILES string of the molecule is CN[C@@H](C)C(=O)N[C@H](C(=O)N1C[C@@H](NC(=O)CC(C)(O)CC(=O)N[C@H]2C[C@@H](C(=O)N[C@@H]3CCCc4ccccc43)N(C(=O)[C@@H](NC(=O)[C@H](C)NC)C(C)(C)C)C2)C[C@H]1C(=O)N[C@@H]1CCCc2ccccc21)C(C)(C)C.Cl.Cl. The van der Waals surface area contributed by atoms with Gasteiger partial charge < -0.3 is 57.4 Å². The van der Waals surface area contributed by atoms with Crippen molar-refractivity contribution in [3.8, 4) is 0 Å². The van der Waals surface area contributed by atoms with Crippen molar-refractivity contribution in [1.82, 2.24) is 52.3 Å². The number of likely N-dealkylation sites (tertiary alicyclic amines) is 2. The zero-order chi connectivity index (χ0) is 55.2. The Labute approximate surface area is 467 Å². The van der Waals surface area contributed by atoms with E-state index in [1.807, 2.05) is 90.1 Å². The standard InChI is InChI=1S/C56H84N10O9.2ClH/c1-32(57-10)48(69)63-46(54(3,4)5)52(73)65-30-36(26-42(65)50(71)61-40-24-16-20-34-18-12-14-22-38(34)40)59-44(67)28-56(9,75)29-45(68)60-37-27-43(51(72)62-41-25-17-21-35-19-13-15-23-39(35)41)66(31-37)53(74)47(55(6,7)8)64-49(70)33(2)58-11;;/h12-15,18-19,22-23,32-33,36-37,40-43,46-47,57-58,75H,16-17,20-21,24-31H2,1-11H3,(H,59,67)(H,60,68)(H,61,71)(H,62,72)(H,63,69)(H,64,70);2*1H/t32-,33-,36-,37-,40+,41+,42-,43-,46+,47+;;/m0../s1. The van der Waals surface area contributed by atoms with E-state index >= 15 is 0 Å². The number of aryl methyl sites for hydroxylation is 2. The first-order valence-electron chi connectivity index (χ1n) is 26.8. The highest BCUT2D eigenvalue weighted by Crippen LogP contribution is 2.34. The summed E-state index contributed by atoms with van der Waals surface area (Å²) in [4.78, 5) is 115. The first kappa shape index (κ1) is 64.2. The number of fused-ring (bicyclic) bond motifs is 2. The van der Waals surface area contributed by atoms with Gasteiger partial charge in [-0.1, -0.05) is 90.1 Å². The van der Waals surface area contributed by atoms with Crippen molar-refractivity contribution in [3.63, 3.8) is 0 Å². The van der Waals surface area contributed by atoms with Crippen LogP contribution in [0, 0.1) is 10.8 Å². The molecule has 0 spiro atoms. The number of aliphatic hydroxyl groups is 1. The molecule has 77 heavy (non-hydrogen) atoms. The van der Waals surface area contributed by atoms with Crippen LogP contribution in [0.25, 0.3) is 0 Å². The molecule has 0 radical (unpaired) electrons. The molecule has 10 atom stereocenters. The predicted octanol–water partition coefficient (Wildman–Crippen LogP) is 3.20. The van der Waals surface area contributed by atoms with Crippen LogP contribution in [0.15, 0.2) is 48.5 Å². The van der Waals surface area contributed by atoms with Crippen LogP contribution < -0.4 is 42.5 Å². The fourth-order valence-electron chi connectivity index (χ4n) is 10.9. The minimum atomic E-state index is -1.87. The van der Waals surface area contributed by atoms with E-state index < -0.39 is 101 Å². The molecule has 2 saturated heterocycles. The summed E-state index contributed by atoms with van der Waals surface area (Å²) in [7, 11) is 3.28. The van der Waals surface area contributed by atoms with E-state index in [-0.39, 0.29) is 86.5 Å². The van der Waals surface area contributed by atoms with Crippen LogP contribution in [0.1, 0.15) is 148 Å². The number of likely N-dealkylation sites (N-methyl/N-ethyl adjacent to an activating group) is 2. The normalized spacial score (nSPS) is 22.7. The third-order valence-corrected chi connectivity index (χ3v) is 15.4. The lowest BCUT2D eigenvalue weighted by molar-refractivity contribution is -0.144. The smallest absolute Gasteiger partial charge is 0.246 e. The summed E-state index contributed by atoms with van der Waals surface area (Å²) in [6, 6.07) is 8.66. The van der Waals surface area contributed by atoms with Gasteiger partial charge in [-0.3, -0.25) is 38.4 Å². The number of hydrogen-bond donors (Lipinski definition) is 9. The van der Waals surface area contributed by atoms with Crippen LogP contribution in [0.4, 0.5) is 0 Å². The monoisotopic (exact) mass is 1110 g/mol. The Balaban J connectivity index is 0.00000640. The van der Waals surface area contributed by atoms with Crippen molar-refractivity contribution < 1.29 is 43.5 Å². The number of hydrogen-bond acceptors (Lipinski definition) is 11. The van der Waals surface area contributed by atoms with Crippen LogP contribution in [0.3, 0.4) is 0 Å². The molecule has 4 aliphatic rings. The number of halogens is 2. The van der Waals surface area contributed by atoms with Crippen molar-refractivity contribution in [2.75, 3.05) is 27.2 Å². The third-order valence-electron chi connectivity index (χ3n) is 15.4. The molecule has 2 aliphatic heterocycles. The molecule has 2 aromatic carbocycles. The van der Waals surface area contributed by atoms with Crippen molar-refractivity contribution in [3.05, 3.63) is 70.8 Å². The summed E-state index contributed by atoms with van der Waals surface area (Å²) in [5, 5.41) is 35.4. The highest BCUT2D eigenvalue weighted by molar-refractivity contribution is 5.96. The third kappa shape index (κ3) is 16.4. The maximum Gasteiger partial charge on any atom is 0.246 e. The van der Waals surface area contributed by atoms with Crippen LogP contribution >= 0.6 is 24.8 Å². The van der Waals surface area contributed by atoms with Gasteiger partial charge in [-0.15, -0.1) is 24.8 Å². The molecule has 8 amide bonds. The topological polar surface area (TPSA) is 260 Å². The van der Waals surface area contributed by atoms with Gasteiger partial charge in [0.1, 0.15) is 24.2 Å². The van der Waals surface area contributed by atoms with Gasteiger partial charge in [0.15, 0.2) is 0 Å². The van der Waals surface area contributed by atoms with E-state index in [9.17, 15) is 43.5 Å². The second-order valence-corrected chi connectivity index (χ2v) is 23.8. The number of rotatable bonds is 18. The van der Waals surface area contributed by atoms with Crippen LogP contribution in [-0.2, 0) is 51.2 Å². The van der Waals surface area contributed by atoms with E-state index in [0.717, 1.165) is 47.9 Å². The van der Waals surface area contributed by atoms with Crippen molar-refractivity contribution in [2.45, 2.75) is 193 Å². The molecule has 2 fully saturated rings. The van der Waals surface area contributed by atoms with E-state index in [0.29, 0.717) is 12.8 Å². The zero-order valence-electron chi connectivity index (χ0n) is 46.8. The second kappa shape index (κ2) is 27.0. The Morgan fingerprint density at radius 1 is 0.571 bits per heavy atom. The van der Waals surface area contributed by atoms with Gasteiger partial charge in [-0.05, 0) is 119 Å². The molecule has 19 nitrogen and oxygen atoms in total. The molecular formula is C56H86Cl2N10O9. The lowest BCUT2D eigenvalue weighted by Gasteiger charge is -2.36. The molecule has 0 saturated carbocycles. The van der Waals surface area contributed by atoms with Gasteiger partial charge in [-0.2, -0.15) is 0 Å². The van der Waals surface area contributed by atoms with Gasteiger partial charge in [0, 0.05) is 25.2 Å². The van der Waals surface area contributed by atoms with Crippen LogP contribution in [-0.4, -0.2) is 143 Å². The largest absolute Gasteiger partial charge is 0.389 e. The van der Waals surface area contributed by atoms with Gasteiger partial charge in [0.2, 0.25) is 47.3 Å². The van der Waals surface area contributed by atoms with E-state index in [1.54, 1.807) is 27.9 Å². The highest BCUT2D eigenvalue weighted by Gasteiger charge is 2.48. The molecule has 21 heteroatoms. The van der Waals surface area contributed by atoms with Crippen LogP contribution in [0.5, 0.6) is 0 Å². The van der Waals surface area contributed by atoms with Gasteiger partial charge >= 0.3 is 0 Å². The van der Waals surface area contributed by atoms with E-state index in [4.69, 9.17) is 0 Å². The van der Waals surface area contributed by atoms with Crippen molar-refractivity contribution in [1.29, 1.82) is 0 Å². The molecule has 6 rings (SSSR count). The Bertz CT molecular complexity index is 2280. The van der Waals surface area contributed by atoms with Gasteiger partial charge in [0.25, 0.3) is 0 Å². The Hall–Kier alpha value is -5.34. The van der Waals surface area contributed by atoms with Crippen molar-refractivity contribution >= 4 is 72.1 Å². The quantitative estimate of drug-likeness (QED) is 0.105. The molecule has 2 aromatic rings. The number of benzene rings is 2. The number of carbonyl (C=O) groups is 8. The zero-order valence-corrected chi connectivity index (χ0v) is 48.4. The number of nitrogens with zero attached hydrogens (tertiary/aromatic N) is 2. The summed E-state index contributed by atoms with van der Waals surface area (Å²) >= 11 is 0. The first-order valence-corrected chi connectivity index (χ1v) is 26.8. The molecule has 0 bridgehead atoms. The van der Waals surface area contributed by atoms with Gasteiger partial charge in [0.05, 0.1) is 42.6 Å². The second-order valence-electron chi connectivity index (χ2n) is 23.8. The number of carbonyl (C=O) groups excluding carboxylic acids is 8. The molecule has 2 aliphatic carbocycles. The number of amides is 8. The Morgan fingerprint density at radius 3 is 1.26 bits per heavy atom. The summed E-state index contributed by atoms with van der Waals surface area (Å²) in [6.45, 7) is 15.6. The molecule has 2 heterocycles. The lowest BCUT2D eigenvalue weighted by atomic mass is 9.85. The maximum absolute atomic E-state index is 14.6. The molecule has 0 aromatic heterocycles. The Morgan fingerprint density at radius 2 is 0.922 bits per heavy atom. The highest BCUT2D eigenvalue weighted by atomic mass is 35.5. The Kier molecular flexibility index (Phi) is 22.5. The summed E-state index contributed by atoms with van der Waals surface area (Å²) in [5.74, 6) is -3.73. The predicted molar refractivity (Wildman–Crippen MR) is 299 cm³/mol. The lowest BCUT2D eigenvalue weighted by Crippen LogP contribution is -2.59. The van der Waals surface area contributed by atoms with Crippen LogP contribution in [0.2, 0.25) is 0 Å². The molecular weight excluding hydrogens is 1030 g/mol. The minimum absolute atomic E-state index is 0. The first-order chi connectivity index (χ1) is 35.2. The van der Waals surface area contributed by atoms with E-state index in [1.165, 1.54) is 16.7 Å². The minimum Gasteiger partial charge on any atom is -0.389 e. The molecule has 9 N–H and O–H groups in total. The van der Waals surface area contributed by atoms with E-state index in [2.05, 4.69) is 42.5 Å².